The van der Waals surface area contributed by atoms with Gasteiger partial charge in [-0.3, -0.25) is 0 Å². The van der Waals surface area contributed by atoms with E-state index in [1.165, 1.54) is 5.56 Å². The van der Waals surface area contributed by atoms with Gasteiger partial charge < -0.3 is 19.4 Å². The van der Waals surface area contributed by atoms with Gasteiger partial charge in [0.1, 0.15) is 5.82 Å². The molecule has 4 rings (SSSR count). The molecule has 2 aliphatic heterocycles. The van der Waals surface area contributed by atoms with Crippen molar-refractivity contribution < 1.29 is 9.53 Å². The molecule has 28 heavy (non-hydrogen) atoms. The van der Waals surface area contributed by atoms with Crippen LogP contribution in [0.4, 0.5) is 10.6 Å². The number of piperidine rings is 1. The Bertz CT molecular complexity index is 865. The van der Waals surface area contributed by atoms with Crippen molar-refractivity contribution >= 4 is 22.9 Å². The molecule has 7 nitrogen and oxygen atoms in total. The molecule has 0 N–H and O–H groups in total. The van der Waals surface area contributed by atoms with E-state index in [1.54, 1.807) is 0 Å². The fraction of sp³-hybridized carbons (Fsp3) is 0.571. The molecule has 7 heteroatoms. The second-order valence-electron chi connectivity index (χ2n) is 7.86. The number of likely N-dealkylation sites (N-methyl/N-ethyl adjacent to an activating group) is 1. The SMILES string of the molecule is Cc1cc(C)c2ccc(N3CCCC(N(C)C(=O)N4CCOCC4)C3)nc2n1. The fourth-order valence-corrected chi connectivity index (χ4v) is 4.21. The zero-order valence-electron chi connectivity index (χ0n) is 17.0. The predicted molar refractivity (Wildman–Crippen MR) is 110 cm³/mol. The molecule has 1 atom stereocenters. The quantitative estimate of drug-likeness (QED) is 0.798. The maximum absolute atomic E-state index is 12.8. The van der Waals surface area contributed by atoms with Crippen LogP contribution in [0.25, 0.3) is 11.0 Å². The third-order valence-electron chi connectivity index (χ3n) is 5.84. The molecule has 150 valence electrons. The number of morpholine rings is 1. The second kappa shape index (κ2) is 7.91. The van der Waals surface area contributed by atoms with Gasteiger partial charge in [0.05, 0.1) is 19.3 Å². The van der Waals surface area contributed by atoms with Crippen molar-refractivity contribution in [3.63, 3.8) is 0 Å². The zero-order chi connectivity index (χ0) is 19.7. The van der Waals surface area contributed by atoms with Crippen molar-refractivity contribution in [1.82, 2.24) is 19.8 Å². The third kappa shape index (κ3) is 3.76. The van der Waals surface area contributed by atoms with Crippen LogP contribution in [0.5, 0.6) is 0 Å². The molecule has 0 radical (unpaired) electrons. The van der Waals surface area contributed by atoms with E-state index in [9.17, 15) is 4.79 Å². The summed E-state index contributed by atoms with van der Waals surface area (Å²) in [6.07, 6.45) is 2.07. The Hall–Kier alpha value is -2.41. The number of fused-ring (bicyclic) bond motifs is 1. The number of rotatable bonds is 2. The minimum atomic E-state index is 0.106. The lowest BCUT2D eigenvalue weighted by Gasteiger charge is -2.40. The van der Waals surface area contributed by atoms with Gasteiger partial charge in [0.15, 0.2) is 5.65 Å². The van der Waals surface area contributed by atoms with Crippen LogP contribution >= 0.6 is 0 Å². The molecule has 2 fully saturated rings. The van der Waals surface area contributed by atoms with E-state index in [4.69, 9.17) is 9.72 Å². The first-order valence-electron chi connectivity index (χ1n) is 10.1. The van der Waals surface area contributed by atoms with Crippen LogP contribution in [0.15, 0.2) is 18.2 Å². The van der Waals surface area contributed by atoms with Crippen LogP contribution in [0, 0.1) is 13.8 Å². The molecule has 2 aromatic heterocycles. The van der Waals surface area contributed by atoms with Gasteiger partial charge in [0.2, 0.25) is 0 Å². The summed E-state index contributed by atoms with van der Waals surface area (Å²) in [5.74, 6) is 0.946. The largest absolute Gasteiger partial charge is 0.378 e. The van der Waals surface area contributed by atoms with E-state index >= 15 is 0 Å². The van der Waals surface area contributed by atoms with Crippen LogP contribution in [0.3, 0.4) is 0 Å². The summed E-state index contributed by atoms with van der Waals surface area (Å²) in [5, 5.41) is 1.10. The molecule has 1 unspecified atom stereocenters. The number of amides is 2. The summed E-state index contributed by atoms with van der Waals surface area (Å²) in [4.78, 5) is 28.4. The standard InChI is InChI=1S/C21H29N5O2/c1-15-13-16(2)22-20-18(15)6-7-19(23-20)26-8-4-5-17(14-26)24(3)21(27)25-9-11-28-12-10-25/h6-7,13,17H,4-5,8-12,14H2,1-3H3. The van der Waals surface area contributed by atoms with Crippen LogP contribution < -0.4 is 4.90 Å². The van der Waals surface area contributed by atoms with Gasteiger partial charge in [-0.2, -0.15) is 0 Å². The molecule has 0 saturated carbocycles. The van der Waals surface area contributed by atoms with Crippen molar-refractivity contribution in [2.75, 3.05) is 51.3 Å². The molecular weight excluding hydrogens is 354 g/mol. The highest BCUT2D eigenvalue weighted by Gasteiger charge is 2.30. The van der Waals surface area contributed by atoms with E-state index < -0.39 is 0 Å². The first-order valence-corrected chi connectivity index (χ1v) is 10.1. The molecule has 0 spiro atoms. The highest BCUT2D eigenvalue weighted by Crippen LogP contribution is 2.24. The Morgan fingerprint density at radius 3 is 2.75 bits per heavy atom. The zero-order valence-corrected chi connectivity index (χ0v) is 17.0. The first-order chi connectivity index (χ1) is 13.5. The Labute approximate surface area is 166 Å². The third-order valence-corrected chi connectivity index (χ3v) is 5.84. The number of aryl methyl sites for hydroxylation is 2. The number of carbonyl (C=O) groups is 1. The lowest BCUT2D eigenvalue weighted by atomic mass is 10.0. The van der Waals surface area contributed by atoms with Crippen molar-refractivity contribution in [2.45, 2.75) is 32.7 Å². The molecule has 0 aromatic carbocycles. The van der Waals surface area contributed by atoms with E-state index in [1.807, 2.05) is 23.8 Å². The molecule has 2 aliphatic rings. The van der Waals surface area contributed by atoms with Gasteiger partial charge in [0, 0.05) is 44.3 Å². The van der Waals surface area contributed by atoms with Gasteiger partial charge in [0.25, 0.3) is 0 Å². The lowest BCUT2D eigenvalue weighted by molar-refractivity contribution is 0.0414. The van der Waals surface area contributed by atoms with E-state index in [0.717, 1.165) is 48.5 Å². The average molecular weight is 383 g/mol. The maximum atomic E-state index is 12.8. The average Bonchev–Trinajstić information content (AvgIpc) is 2.73. The summed E-state index contributed by atoms with van der Waals surface area (Å²) in [6, 6.07) is 6.58. The normalized spacial score (nSPS) is 20.5. The molecular formula is C21H29N5O2. The Kier molecular flexibility index (Phi) is 5.35. The lowest BCUT2D eigenvalue weighted by Crippen LogP contribution is -2.54. The maximum Gasteiger partial charge on any atom is 0.320 e. The van der Waals surface area contributed by atoms with Crippen molar-refractivity contribution in [3.05, 3.63) is 29.5 Å². The first kappa shape index (κ1) is 18.9. The summed E-state index contributed by atoms with van der Waals surface area (Å²) >= 11 is 0. The van der Waals surface area contributed by atoms with Crippen molar-refractivity contribution in [3.8, 4) is 0 Å². The highest BCUT2D eigenvalue weighted by molar-refractivity contribution is 5.80. The predicted octanol–water partition coefficient (Wildman–Crippen LogP) is 2.60. The number of pyridine rings is 2. The van der Waals surface area contributed by atoms with Crippen LogP contribution in [0.2, 0.25) is 0 Å². The van der Waals surface area contributed by atoms with Gasteiger partial charge in [-0.05, 0) is 50.5 Å². The number of aromatic nitrogens is 2. The Morgan fingerprint density at radius 1 is 1.18 bits per heavy atom. The Morgan fingerprint density at radius 2 is 1.96 bits per heavy atom. The summed E-state index contributed by atoms with van der Waals surface area (Å²) in [7, 11) is 1.92. The number of urea groups is 1. The second-order valence-corrected chi connectivity index (χ2v) is 7.86. The van der Waals surface area contributed by atoms with E-state index in [0.29, 0.717) is 26.3 Å². The molecule has 0 bridgehead atoms. The highest BCUT2D eigenvalue weighted by atomic mass is 16.5. The molecule has 4 heterocycles. The van der Waals surface area contributed by atoms with Crippen LogP contribution in [0.1, 0.15) is 24.1 Å². The number of carbonyl (C=O) groups excluding carboxylic acids is 1. The molecule has 2 amide bonds. The summed E-state index contributed by atoms with van der Waals surface area (Å²) in [5.41, 5.74) is 2.99. The van der Waals surface area contributed by atoms with Crippen LogP contribution in [-0.2, 0) is 4.74 Å². The minimum Gasteiger partial charge on any atom is -0.378 e. The van der Waals surface area contributed by atoms with Gasteiger partial charge in [-0.25, -0.2) is 14.8 Å². The number of hydrogen-bond donors (Lipinski definition) is 0. The van der Waals surface area contributed by atoms with Crippen molar-refractivity contribution in [1.29, 1.82) is 0 Å². The number of hydrogen-bond acceptors (Lipinski definition) is 5. The summed E-state index contributed by atoms with van der Waals surface area (Å²) < 4.78 is 5.37. The van der Waals surface area contributed by atoms with Crippen LogP contribution in [-0.4, -0.2) is 78.3 Å². The molecule has 0 aliphatic carbocycles. The molecule has 2 saturated heterocycles. The van der Waals surface area contributed by atoms with E-state index in [-0.39, 0.29) is 12.1 Å². The summed E-state index contributed by atoms with van der Waals surface area (Å²) in [6.45, 7) is 8.47. The number of anilines is 1. The fourth-order valence-electron chi connectivity index (χ4n) is 4.21. The van der Waals surface area contributed by atoms with Gasteiger partial charge in [-0.15, -0.1) is 0 Å². The molecule has 2 aromatic rings. The van der Waals surface area contributed by atoms with E-state index in [2.05, 4.69) is 35.0 Å². The number of nitrogens with zero attached hydrogens (tertiary/aromatic N) is 5. The van der Waals surface area contributed by atoms with Gasteiger partial charge in [-0.1, -0.05) is 0 Å². The monoisotopic (exact) mass is 383 g/mol. The Balaban J connectivity index is 1.50. The topological polar surface area (TPSA) is 61.8 Å². The van der Waals surface area contributed by atoms with Crippen molar-refractivity contribution in [2.24, 2.45) is 0 Å². The van der Waals surface area contributed by atoms with Gasteiger partial charge >= 0.3 is 6.03 Å². The smallest absolute Gasteiger partial charge is 0.320 e. The number of ether oxygens (including phenoxy) is 1. The minimum absolute atomic E-state index is 0.106.